The van der Waals surface area contributed by atoms with Gasteiger partial charge in [0.25, 0.3) is 0 Å². The van der Waals surface area contributed by atoms with E-state index in [9.17, 15) is 0 Å². The van der Waals surface area contributed by atoms with E-state index in [-0.39, 0.29) is 0 Å². The second-order valence-electron chi connectivity index (χ2n) is 12.8. The molecule has 8 aromatic rings. The first-order chi connectivity index (χ1) is 25.8. The molecule has 0 aliphatic rings. The van der Waals surface area contributed by atoms with Crippen molar-refractivity contribution >= 4 is 57.9 Å². The number of rotatable bonds is 8. The number of hydrogen-bond acceptors (Lipinski definition) is 2. The number of aromatic nitrogens is 2. The highest BCUT2D eigenvalue weighted by molar-refractivity contribution is 7.20. The Labute approximate surface area is 308 Å². The van der Waals surface area contributed by atoms with E-state index in [1.54, 1.807) is 0 Å². The van der Waals surface area contributed by atoms with Gasteiger partial charge in [0.15, 0.2) is 0 Å². The van der Waals surface area contributed by atoms with Crippen LogP contribution < -0.4 is 41.8 Å². The summed E-state index contributed by atoms with van der Waals surface area (Å²) in [6.45, 7) is 0. The first-order valence-electron chi connectivity index (χ1n) is 17.6. The van der Waals surface area contributed by atoms with Gasteiger partial charge in [-0.25, -0.2) is 4.98 Å². The van der Waals surface area contributed by atoms with E-state index in [2.05, 4.69) is 218 Å². The molecule has 2 nitrogen and oxygen atoms in total. The molecular formula is C48H36N2Si2-. The van der Waals surface area contributed by atoms with Crippen molar-refractivity contribution in [3.8, 4) is 11.8 Å². The number of nitrogens with zero attached hydrogens (tertiary/aromatic N) is 2. The first-order valence-corrected chi connectivity index (χ1v) is 21.6. The van der Waals surface area contributed by atoms with Crippen molar-refractivity contribution in [1.29, 1.82) is 0 Å². The van der Waals surface area contributed by atoms with Crippen molar-refractivity contribution in [1.82, 2.24) is 9.97 Å². The normalized spacial score (nSPS) is 11.3. The Hall–Kier alpha value is -6.39. The van der Waals surface area contributed by atoms with Crippen molar-refractivity contribution < 1.29 is 0 Å². The molecule has 0 amide bonds. The number of hydrogen-bond donors (Lipinski definition) is 0. The Morgan fingerprint density at radius 3 is 1.08 bits per heavy atom. The fourth-order valence-corrected chi connectivity index (χ4v) is 16.8. The smallest absolute Gasteiger partial charge is 0.201 e. The quantitative estimate of drug-likeness (QED) is 0.132. The zero-order chi connectivity index (χ0) is 35.1. The van der Waals surface area contributed by atoms with Crippen molar-refractivity contribution in [2.45, 2.75) is 0 Å². The SMILES string of the molecule is C(#Cc1cccc([Si-](c2ccccc2)(c2ccccc2)c2ccccc2)n1)c1cccc([Si](c2ccccc2)(c2ccccc2)c2ccccc2)n1. The van der Waals surface area contributed by atoms with E-state index in [0.29, 0.717) is 0 Å². The van der Waals surface area contributed by atoms with E-state index in [4.69, 9.17) is 9.97 Å². The molecule has 0 unspecified atom stereocenters. The molecule has 0 fully saturated rings. The topological polar surface area (TPSA) is 25.8 Å². The molecule has 4 heteroatoms. The highest BCUT2D eigenvalue weighted by Gasteiger charge is 2.42. The number of benzene rings is 6. The van der Waals surface area contributed by atoms with Crippen molar-refractivity contribution in [3.05, 3.63) is 230 Å². The summed E-state index contributed by atoms with van der Waals surface area (Å²) in [5.41, 5.74) is 1.45. The average Bonchev–Trinajstić information content (AvgIpc) is 3.23. The molecule has 52 heavy (non-hydrogen) atoms. The van der Waals surface area contributed by atoms with E-state index in [0.717, 1.165) is 22.0 Å². The van der Waals surface area contributed by atoms with Gasteiger partial charge in [-0.3, -0.25) is 4.98 Å². The minimum absolute atomic E-state index is 0.724. The molecule has 0 bridgehead atoms. The van der Waals surface area contributed by atoms with Gasteiger partial charge in [0.05, 0.1) is 0 Å². The zero-order valence-corrected chi connectivity index (χ0v) is 30.7. The summed E-state index contributed by atoms with van der Waals surface area (Å²) in [6, 6.07) is 77.7. The molecule has 8 rings (SSSR count). The minimum Gasteiger partial charge on any atom is -0.281 e. The van der Waals surface area contributed by atoms with E-state index >= 15 is 0 Å². The predicted octanol–water partition coefficient (Wildman–Crippen LogP) is 4.63. The highest BCUT2D eigenvalue weighted by Crippen LogP contribution is 2.11. The van der Waals surface area contributed by atoms with Crippen LogP contribution in [0.4, 0.5) is 0 Å². The van der Waals surface area contributed by atoms with Crippen LogP contribution >= 0.6 is 0 Å². The second kappa shape index (κ2) is 14.8. The van der Waals surface area contributed by atoms with Crippen LogP contribution in [-0.2, 0) is 0 Å². The van der Waals surface area contributed by atoms with Gasteiger partial charge in [0.1, 0.15) is 11.4 Å². The van der Waals surface area contributed by atoms with Gasteiger partial charge in [-0.15, -0.1) is 0 Å². The third-order valence-electron chi connectivity index (χ3n) is 9.83. The Kier molecular flexibility index (Phi) is 9.36. The molecule has 0 atom stereocenters. The monoisotopic (exact) mass is 696 g/mol. The molecule has 0 spiro atoms. The van der Waals surface area contributed by atoms with Gasteiger partial charge < -0.3 is 0 Å². The van der Waals surface area contributed by atoms with E-state index in [1.165, 1.54) is 31.1 Å². The van der Waals surface area contributed by atoms with Crippen molar-refractivity contribution in [2.24, 2.45) is 0 Å². The number of pyridine rings is 2. The molecule has 0 aliphatic heterocycles. The summed E-state index contributed by atoms with van der Waals surface area (Å²) in [5.74, 6) is 6.88. The minimum atomic E-state index is -2.77. The van der Waals surface area contributed by atoms with Crippen LogP contribution in [0.25, 0.3) is 0 Å². The standard InChI is InChI=1S/C48H36N2Si2/c1-7-23-41(24-8-1)51(42-25-9-2-10-26-42,43-27-11-3-12-28-43)47-35-19-21-39(49-47)37-38-40-22-20-36-48(50-40)52(44-29-13-4-14-30-44,45-31-15-5-16-32-45)46-33-17-6-18-34-46/h1-36H/q-1. The van der Waals surface area contributed by atoms with Crippen LogP contribution in [0.15, 0.2) is 218 Å². The molecule has 0 N–H and O–H groups in total. The van der Waals surface area contributed by atoms with Gasteiger partial charge >= 0.3 is 0 Å². The molecule has 247 valence electrons. The first kappa shape index (κ1) is 32.8. The summed E-state index contributed by atoms with van der Waals surface area (Å²) in [7, 11) is -5.55. The Morgan fingerprint density at radius 1 is 0.327 bits per heavy atom. The summed E-state index contributed by atoms with van der Waals surface area (Å²) in [5, 5.41) is 9.78. The lowest BCUT2D eigenvalue weighted by Gasteiger charge is -2.46. The molecule has 6 aromatic carbocycles. The second-order valence-corrected chi connectivity index (χ2v) is 20.3. The third kappa shape index (κ3) is 6.03. The van der Waals surface area contributed by atoms with Gasteiger partial charge in [0.2, 0.25) is 8.07 Å². The predicted molar refractivity (Wildman–Crippen MR) is 222 cm³/mol. The van der Waals surface area contributed by atoms with Crippen LogP contribution in [0, 0.1) is 11.8 Å². The molecule has 0 saturated heterocycles. The maximum absolute atomic E-state index is 5.37. The molecule has 2 heterocycles. The summed E-state index contributed by atoms with van der Waals surface area (Å²) in [6.07, 6.45) is 0. The lowest BCUT2D eigenvalue weighted by Crippen LogP contribution is -2.75. The lowest BCUT2D eigenvalue weighted by atomic mass is 10.3. The summed E-state index contributed by atoms with van der Waals surface area (Å²) in [4.78, 5) is 10.7. The van der Waals surface area contributed by atoms with Crippen LogP contribution in [0.5, 0.6) is 0 Å². The molecule has 0 radical (unpaired) electrons. The molecule has 2 aromatic heterocycles. The van der Waals surface area contributed by atoms with Crippen molar-refractivity contribution in [3.63, 3.8) is 0 Å². The maximum Gasteiger partial charge on any atom is 0.201 e. The van der Waals surface area contributed by atoms with E-state index in [1.807, 2.05) is 12.1 Å². The fraction of sp³-hybridized carbons (Fsp3) is 0. The van der Waals surface area contributed by atoms with Crippen molar-refractivity contribution in [2.75, 3.05) is 0 Å². The van der Waals surface area contributed by atoms with Gasteiger partial charge in [0, 0.05) is 5.32 Å². The Balaban J connectivity index is 1.28. The summed E-state index contributed by atoms with van der Waals surface area (Å²) >= 11 is 0. The molecule has 0 saturated carbocycles. The third-order valence-corrected chi connectivity index (χ3v) is 19.1. The summed E-state index contributed by atoms with van der Waals surface area (Å²) < 4.78 is 0. The van der Waals surface area contributed by atoms with Gasteiger partial charge in [-0.05, 0) is 53.7 Å². The Morgan fingerprint density at radius 2 is 0.673 bits per heavy atom. The van der Waals surface area contributed by atoms with Crippen LogP contribution in [-0.4, -0.2) is 26.1 Å². The largest absolute Gasteiger partial charge is 0.281 e. The van der Waals surface area contributed by atoms with Gasteiger partial charge in [-0.1, -0.05) is 206 Å². The zero-order valence-electron chi connectivity index (χ0n) is 28.7. The van der Waals surface area contributed by atoms with Crippen LogP contribution in [0.1, 0.15) is 11.4 Å². The average molecular weight is 697 g/mol. The Bertz CT molecular complexity index is 2080. The van der Waals surface area contributed by atoms with Gasteiger partial charge in [-0.2, -0.15) is 15.6 Å². The highest BCUT2D eigenvalue weighted by atomic mass is 28.3. The van der Waals surface area contributed by atoms with Crippen LogP contribution in [0.3, 0.4) is 0 Å². The fourth-order valence-electron chi connectivity index (χ4n) is 7.57. The maximum atomic E-state index is 5.37. The molecular weight excluding hydrogens is 661 g/mol. The molecule has 0 aliphatic carbocycles. The van der Waals surface area contributed by atoms with E-state index < -0.39 is 16.1 Å². The lowest BCUT2D eigenvalue weighted by molar-refractivity contribution is 1.31. The van der Waals surface area contributed by atoms with Crippen LogP contribution in [0.2, 0.25) is 0 Å².